The van der Waals surface area contributed by atoms with Crippen LogP contribution < -0.4 is 14.5 Å². The van der Waals surface area contributed by atoms with E-state index in [0.29, 0.717) is 0 Å². The highest BCUT2D eigenvalue weighted by Crippen LogP contribution is 2.51. The highest BCUT2D eigenvalue weighted by Gasteiger charge is 2.27. The fraction of sp³-hybridized carbons (Fsp3) is 0.118. The molecule has 0 saturated carbocycles. The first-order chi connectivity index (χ1) is 36.4. The molecule has 0 saturated heterocycles. The molecule has 0 atom stereocenters. The van der Waals surface area contributed by atoms with Crippen molar-refractivity contribution in [2.45, 2.75) is 52.4 Å². The molecule has 0 spiro atoms. The van der Waals surface area contributed by atoms with Gasteiger partial charge in [0.05, 0.1) is 39.8 Å². The molecular formula is C68H55N5OS. The van der Waals surface area contributed by atoms with Gasteiger partial charge < -0.3 is 19.1 Å². The summed E-state index contributed by atoms with van der Waals surface area (Å²) in [5.41, 5.74) is 20.9. The van der Waals surface area contributed by atoms with Crippen molar-refractivity contribution in [1.82, 2.24) is 13.3 Å². The van der Waals surface area contributed by atoms with Crippen molar-refractivity contribution in [3.8, 4) is 50.6 Å². The van der Waals surface area contributed by atoms with E-state index >= 15 is 0 Å². The van der Waals surface area contributed by atoms with E-state index in [2.05, 4.69) is 256 Å². The molecular weight excluding hydrogens is 935 g/mol. The number of para-hydroxylation sites is 5. The fourth-order valence-corrected chi connectivity index (χ4v) is 11.3. The zero-order valence-corrected chi connectivity index (χ0v) is 43.7. The maximum Gasteiger partial charge on any atom is 0.151 e. The van der Waals surface area contributed by atoms with Gasteiger partial charge in [0.1, 0.15) is 11.0 Å². The monoisotopic (exact) mass is 989 g/mol. The van der Waals surface area contributed by atoms with Gasteiger partial charge in [-0.05, 0) is 159 Å². The zero-order valence-electron chi connectivity index (χ0n) is 42.9. The van der Waals surface area contributed by atoms with E-state index in [-0.39, 0.29) is 10.8 Å². The molecule has 2 aromatic heterocycles. The molecule has 0 bridgehead atoms. The lowest BCUT2D eigenvalue weighted by molar-refractivity contribution is 0.477. The number of fused-ring (bicyclic) bond motifs is 6. The molecule has 1 aliphatic rings. The first-order valence-corrected chi connectivity index (χ1v) is 26.5. The molecule has 1 aliphatic heterocycles. The molecule has 75 heavy (non-hydrogen) atoms. The van der Waals surface area contributed by atoms with Gasteiger partial charge in [-0.25, -0.2) is 0 Å². The van der Waals surface area contributed by atoms with Gasteiger partial charge in [-0.3, -0.25) is 0 Å². The molecule has 364 valence electrons. The molecule has 0 N–H and O–H groups in total. The van der Waals surface area contributed by atoms with Crippen LogP contribution in [-0.2, 0) is 10.8 Å². The van der Waals surface area contributed by atoms with Crippen LogP contribution in [0.1, 0.15) is 52.7 Å². The van der Waals surface area contributed by atoms with Crippen LogP contribution >= 0.6 is 11.7 Å². The van der Waals surface area contributed by atoms with Gasteiger partial charge in [-0.15, -0.1) is 0 Å². The average molecular weight is 990 g/mol. The number of benzene rings is 10. The molecule has 0 fully saturated rings. The summed E-state index contributed by atoms with van der Waals surface area (Å²) in [6.45, 7) is 13.6. The van der Waals surface area contributed by atoms with Crippen molar-refractivity contribution in [3.63, 3.8) is 0 Å². The topological polar surface area (TPSA) is 46.4 Å². The Morgan fingerprint density at radius 1 is 0.413 bits per heavy atom. The smallest absolute Gasteiger partial charge is 0.151 e. The van der Waals surface area contributed by atoms with Crippen LogP contribution in [0.3, 0.4) is 0 Å². The number of nitrogens with zero attached hydrogens (tertiary/aromatic N) is 5. The first kappa shape index (κ1) is 46.0. The van der Waals surface area contributed by atoms with E-state index in [1.165, 1.54) is 55.9 Å². The van der Waals surface area contributed by atoms with Gasteiger partial charge in [0.15, 0.2) is 11.5 Å². The third-order valence-corrected chi connectivity index (χ3v) is 15.3. The largest absolute Gasteiger partial charge is 0.453 e. The average Bonchev–Trinajstić information content (AvgIpc) is 4.07. The Hall–Kier alpha value is -8.78. The Kier molecular flexibility index (Phi) is 11.1. The Morgan fingerprint density at radius 3 is 1.43 bits per heavy atom. The number of anilines is 6. The van der Waals surface area contributed by atoms with Crippen LogP contribution in [0.4, 0.5) is 34.1 Å². The molecule has 12 aromatic rings. The Morgan fingerprint density at radius 2 is 0.880 bits per heavy atom. The minimum atomic E-state index is 0.0880. The molecule has 0 radical (unpaired) electrons. The van der Waals surface area contributed by atoms with E-state index in [4.69, 9.17) is 13.5 Å². The molecule has 3 heterocycles. The van der Waals surface area contributed by atoms with E-state index in [1.54, 1.807) is 0 Å². The van der Waals surface area contributed by atoms with Gasteiger partial charge in [0.25, 0.3) is 0 Å². The van der Waals surface area contributed by atoms with Gasteiger partial charge in [0.2, 0.25) is 0 Å². The van der Waals surface area contributed by atoms with Crippen LogP contribution in [0.25, 0.3) is 71.9 Å². The molecule has 10 aromatic carbocycles. The summed E-state index contributed by atoms with van der Waals surface area (Å²) in [5.74, 6) is 1.65. The number of rotatable bonds is 8. The van der Waals surface area contributed by atoms with Crippen molar-refractivity contribution in [2.24, 2.45) is 0 Å². The molecule has 7 heteroatoms. The van der Waals surface area contributed by atoms with Crippen molar-refractivity contribution < 1.29 is 4.74 Å². The zero-order chi connectivity index (χ0) is 51.0. The van der Waals surface area contributed by atoms with E-state index < -0.39 is 0 Å². The van der Waals surface area contributed by atoms with Gasteiger partial charge >= 0.3 is 0 Å². The van der Waals surface area contributed by atoms with Crippen molar-refractivity contribution in [2.75, 3.05) is 9.80 Å². The van der Waals surface area contributed by atoms with E-state index in [1.807, 2.05) is 24.3 Å². The van der Waals surface area contributed by atoms with Crippen LogP contribution in [0, 0.1) is 0 Å². The second-order valence-corrected chi connectivity index (χ2v) is 22.2. The lowest BCUT2D eigenvalue weighted by Crippen LogP contribution is -2.16. The Labute approximate surface area is 442 Å². The molecule has 0 unspecified atom stereocenters. The lowest BCUT2D eigenvalue weighted by Gasteiger charge is -2.33. The van der Waals surface area contributed by atoms with E-state index in [0.717, 1.165) is 84.5 Å². The standard InChI is InChI=1S/C68H55N5OS/c1-67(2,3)49-28-20-44(21-29-49)47-26-39-58-56(42-47)57-43-48(45-22-30-50(31-23-45)68(4,5)6)27-40-59(57)72(58)53-32-24-46(25-33-53)55-38-41-62(66-65(55)69-75-70-66)71(51-14-8-7-9-15-51)52-34-36-54(37-35-52)73-60-16-10-12-18-63(60)74-64-19-13-11-17-61(64)73/h7-43H,1-6H3. The third kappa shape index (κ3) is 8.21. The van der Waals surface area contributed by atoms with Crippen molar-refractivity contribution >= 4 is 78.7 Å². The van der Waals surface area contributed by atoms with E-state index in [9.17, 15) is 0 Å². The number of ether oxygens (including phenoxy) is 1. The highest BCUT2D eigenvalue weighted by atomic mass is 32.1. The second-order valence-electron chi connectivity index (χ2n) is 21.7. The quantitative estimate of drug-likeness (QED) is 0.152. The summed E-state index contributed by atoms with van der Waals surface area (Å²) >= 11 is 1.25. The highest BCUT2D eigenvalue weighted by molar-refractivity contribution is 7.00. The Balaban J connectivity index is 0.872. The summed E-state index contributed by atoms with van der Waals surface area (Å²) in [4.78, 5) is 4.55. The number of hydrogen-bond acceptors (Lipinski definition) is 6. The summed E-state index contributed by atoms with van der Waals surface area (Å²) in [6, 6.07) is 81.0. The molecule has 13 rings (SSSR count). The first-order valence-electron chi connectivity index (χ1n) is 25.7. The van der Waals surface area contributed by atoms with Crippen LogP contribution in [0.5, 0.6) is 11.5 Å². The molecule has 6 nitrogen and oxygen atoms in total. The maximum absolute atomic E-state index is 6.32. The van der Waals surface area contributed by atoms with Gasteiger partial charge in [-0.1, -0.05) is 157 Å². The molecule has 0 amide bonds. The van der Waals surface area contributed by atoms with Crippen molar-refractivity contribution in [3.05, 3.63) is 236 Å². The van der Waals surface area contributed by atoms with Crippen LogP contribution in [-0.4, -0.2) is 13.3 Å². The summed E-state index contributed by atoms with van der Waals surface area (Å²) in [6.07, 6.45) is 0. The lowest BCUT2D eigenvalue weighted by atomic mass is 9.86. The normalized spacial score (nSPS) is 12.5. The summed E-state index contributed by atoms with van der Waals surface area (Å²) < 4.78 is 18.7. The minimum Gasteiger partial charge on any atom is -0.453 e. The van der Waals surface area contributed by atoms with Gasteiger partial charge in [-0.2, -0.15) is 8.75 Å². The number of aromatic nitrogens is 3. The Bertz CT molecular complexity index is 3930. The maximum atomic E-state index is 6.32. The minimum absolute atomic E-state index is 0.0880. The number of hydrogen-bond donors (Lipinski definition) is 0. The SMILES string of the molecule is CC(C)(C)c1ccc(-c2ccc3c(c2)c2cc(-c4ccc(C(C)(C)C)cc4)ccc2n3-c2ccc(-c3ccc(N(c4ccccc4)c4ccc(N5c6ccccc6Oc6ccccc65)cc4)c4nsnc34)cc2)cc1. The van der Waals surface area contributed by atoms with Gasteiger partial charge in [0, 0.05) is 39.1 Å². The fourth-order valence-electron chi connectivity index (χ4n) is 10.8. The van der Waals surface area contributed by atoms with Crippen LogP contribution in [0.15, 0.2) is 224 Å². The predicted molar refractivity (Wildman–Crippen MR) is 315 cm³/mol. The van der Waals surface area contributed by atoms with Crippen molar-refractivity contribution in [1.29, 1.82) is 0 Å². The second kappa shape index (κ2) is 18.0. The van der Waals surface area contributed by atoms with Crippen LogP contribution in [0.2, 0.25) is 0 Å². The summed E-state index contributed by atoms with van der Waals surface area (Å²) in [5, 5.41) is 2.44. The molecule has 0 aliphatic carbocycles. The summed E-state index contributed by atoms with van der Waals surface area (Å²) in [7, 11) is 0. The third-order valence-electron chi connectivity index (χ3n) is 14.8. The predicted octanol–water partition coefficient (Wildman–Crippen LogP) is 19.4.